The summed E-state index contributed by atoms with van der Waals surface area (Å²) in [7, 11) is 0. The summed E-state index contributed by atoms with van der Waals surface area (Å²) in [5.41, 5.74) is 1.22. The molecule has 0 N–H and O–H groups in total. The zero-order valence-corrected chi connectivity index (χ0v) is 15.5. The molecular formula is C19H16F3N3O2S. The molecule has 1 amide bonds. The maximum absolute atomic E-state index is 12.9. The van der Waals surface area contributed by atoms with E-state index in [0.29, 0.717) is 12.1 Å². The number of likely N-dealkylation sites (tertiary alicyclic amines) is 1. The second-order valence-corrected chi connectivity index (χ2v) is 7.53. The lowest BCUT2D eigenvalue weighted by Crippen LogP contribution is -2.30. The van der Waals surface area contributed by atoms with Crippen molar-refractivity contribution in [1.82, 2.24) is 14.9 Å². The van der Waals surface area contributed by atoms with Crippen LogP contribution in [0.4, 0.5) is 13.2 Å². The first-order valence-corrected chi connectivity index (χ1v) is 9.54. The Morgan fingerprint density at radius 1 is 1.25 bits per heavy atom. The van der Waals surface area contributed by atoms with E-state index in [0.717, 1.165) is 28.1 Å². The molecule has 3 heterocycles. The maximum atomic E-state index is 12.9. The van der Waals surface area contributed by atoms with Gasteiger partial charge in [-0.2, -0.15) is 13.2 Å². The second-order valence-electron chi connectivity index (χ2n) is 6.47. The molecule has 1 fully saturated rings. The van der Waals surface area contributed by atoms with Crippen molar-refractivity contribution >= 4 is 27.5 Å². The number of fused-ring (bicyclic) bond motifs is 1. The molecule has 0 aliphatic carbocycles. The minimum Gasteiger partial charge on any atom is -0.468 e. The van der Waals surface area contributed by atoms with Gasteiger partial charge in [-0.15, -0.1) is 11.3 Å². The lowest BCUT2D eigenvalue weighted by atomic mass is 10.2. The van der Waals surface area contributed by atoms with Crippen LogP contribution in [0, 0.1) is 0 Å². The molecule has 0 bridgehead atoms. The first kappa shape index (κ1) is 18.7. The van der Waals surface area contributed by atoms with Crippen LogP contribution in [0.1, 0.15) is 34.2 Å². The minimum atomic E-state index is -4.43. The molecule has 146 valence electrons. The fourth-order valence-electron chi connectivity index (χ4n) is 3.21. The van der Waals surface area contributed by atoms with Gasteiger partial charge in [0.2, 0.25) is 5.88 Å². The number of benzene rings is 1. The van der Waals surface area contributed by atoms with Crippen LogP contribution in [0.25, 0.3) is 10.2 Å². The molecule has 9 heteroatoms. The fourth-order valence-corrected chi connectivity index (χ4v) is 4.33. The van der Waals surface area contributed by atoms with E-state index in [1.54, 1.807) is 16.2 Å². The summed E-state index contributed by atoms with van der Waals surface area (Å²) in [4.78, 5) is 23.2. The Kier molecular flexibility index (Phi) is 4.92. The lowest BCUT2D eigenvalue weighted by Gasteiger charge is -2.23. The Hall–Kier alpha value is -2.68. The number of amides is 1. The van der Waals surface area contributed by atoms with Crippen molar-refractivity contribution in [3.8, 4) is 5.88 Å². The van der Waals surface area contributed by atoms with Gasteiger partial charge in [-0.1, -0.05) is 12.1 Å². The Labute approximate surface area is 162 Å². The number of nitrogens with zero attached hydrogens (tertiary/aromatic N) is 3. The first-order valence-electron chi connectivity index (χ1n) is 8.73. The van der Waals surface area contributed by atoms with Gasteiger partial charge >= 0.3 is 6.18 Å². The lowest BCUT2D eigenvalue weighted by molar-refractivity contribution is -0.154. The molecule has 1 aliphatic heterocycles. The number of ether oxygens (including phenoxy) is 1. The third-order valence-corrected chi connectivity index (χ3v) is 5.61. The van der Waals surface area contributed by atoms with Gasteiger partial charge in [0, 0.05) is 18.8 Å². The van der Waals surface area contributed by atoms with Crippen LogP contribution in [0.3, 0.4) is 0 Å². The van der Waals surface area contributed by atoms with Gasteiger partial charge in [-0.05, 0) is 31.0 Å². The SMILES string of the molecule is O=C(c1ccc(OCC(F)(F)F)nc1)N1CCCC1c1nc2ccccc2s1. The number of para-hydroxylation sites is 1. The van der Waals surface area contributed by atoms with Gasteiger partial charge in [-0.3, -0.25) is 4.79 Å². The molecule has 0 spiro atoms. The molecule has 0 saturated carbocycles. The Morgan fingerprint density at radius 2 is 2.07 bits per heavy atom. The molecular weight excluding hydrogens is 391 g/mol. The van der Waals surface area contributed by atoms with Crippen LogP contribution in [-0.4, -0.2) is 40.1 Å². The van der Waals surface area contributed by atoms with Gasteiger partial charge in [0.1, 0.15) is 5.01 Å². The summed E-state index contributed by atoms with van der Waals surface area (Å²) in [6, 6.07) is 10.4. The number of carbonyl (C=O) groups excluding carboxylic acids is 1. The van der Waals surface area contributed by atoms with Crippen molar-refractivity contribution in [2.45, 2.75) is 25.1 Å². The zero-order valence-electron chi connectivity index (χ0n) is 14.6. The molecule has 4 rings (SSSR count). The number of hydrogen-bond donors (Lipinski definition) is 0. The van der Waals surface area contributed by atoms with Crippen LogP contribution in [0.2, 0.25) is 0 Å². The molecule has 1 saturated heterocycles. The zero-order chi connectivity index (χ0) is 19.7. The molecule has 2 aromatic heterocycles. The van der Waals surface area contributed by atoms with Crippen molar-refractivity contribution in [3.05, 3.63) is 53.2 Å². The van der Waals surface area contributed by atoms with E-state index in [-0.39, 0.29) is 17.8 Å². The third-order valence-electron chi connectivity index (χ3n) is 4.48. The normalized spacial score (nSPS) is 17.2. The number of pyridine rings is 1. The highest BCUT2D eigenvalue weighted by Crippen LogP contribution is 2.37. The Morgan fingerprint density at radius 3 is 2.79 bits per heavy atom. The summed E-state index contributed by atoms with van der Waals surface area (Å²) in [6.07, 6.45) is -1.49. The smallest absolute Gasteiger partial charge is 0.422 e. The highest BCUT2D eigenvalue weighted by atomic mass is 32.1. The second kappa shape index (κ2) is 7.38. The molecule has 1 aliphatic rings. The van der Waals surface area contributed by atoms with Crippen molar-refractivity contribution < 1.29 is 22.7 Å². The van der Waals surface area contributed by atoms with Gasteiger partial charge in [-0.25, -0.2) is 9.97 Å². The Balaban J connectivity index is 1.50. The summed E-state index contributed by atoms with van der Waals surface area (Å²) in [5, 5.41) is 0.894. The predicted molar refractivity (Wildman–Crippen MR) is 98.4 cm³/mol. The molecule has 28 heavy (non-hydrogen) atoms. The van der Waals surface area contributed by atoms with Gasteiger partial charge in [0.05, 0.1) is 21.8 Å². The first-order chi connectivity index (χ1) is 13.4. The van der Waals surface area contributed by atoms with Gasteiger partial charge in [0.15, 0.2) is 6.61 Å². The van der Waals surface area contributed by atoms with Crippen molar-refractivity contribution in [2.24, 2.45) is 0 Å². The monoisotopic (exact) mass is 407 g/mol. The van der Waals surface area contributed by atoms with E-state index in [1.165, 1.54) is 18.3 Å². The topological polar surface area (TPSA) is 55.3 Å². The molecule has 3 aromatic rings. The van der Waals surface area contributed by atoms with E-state index in [2.05, 4.69) is 14.7 Å². The van der Waals surface area contributed by atoms with E-state index < -0.39 is 12.8 Å². The summed E-state index contributed by atoms with van der Waals surface area (Å²) in [6.45, 7) is -0.815. The number of carbonyl (C=O) groups is 1. The number of alkyl halides is 3. The molecule has 1 atom stereocenters. The van der Waals surface area contributed by atoms with Crippen LogP contribution >= 0.6 is 11.3 Å². The van der Waals surface area contributed by atoms with Crippen molar-refractivity contribution in [2.75, 3.05) is 13.2 Å². The summed E-state index contributed by atoms with van der Waals surface area (Å²) < 4.78 is 42.3. The number of rotatable bonds is 4. The van der Waals surface area contributed by atoms with Crippen molar-refractivity contribution in [1.29, 1.82) is 0 Å². The summed E-state index contributed by atoms with van der Waals surface area (Å²) in [5.74, 6) is -0.380. The average molecular weight is 407 g/mol. The maximum Gasteiger partial charge on any atom is 0.422 e. The highest BCUT2D eigenvalue weighted by molar-refractivity contribution is 7.18. The molecule has 5 nitrogen and oxygen atoms in total. The van der Waals surface area contributed by atoms with Crippen LogP contribution in [-0.2, 0) is 0 Å². The highest BCUT2D eigenvalue weighted by Gasteiger charge is 2.33. The Bertz CT molecular complexity index is 955. The molecule has 0 radical (unpaired) electrons. The van der Waals surface area contributed by atoms with E-state index in [4.69, 9.17) is 0 Å². The van der Waals surface area contributed by atoms with Crippen LogP contribution < -0.4 is 4.74 Å². The fraction of sp³-hybridized carbons (Fsp3) is 0.316. The number of hydrogen-bond acceptors (Lipinski definition) is 5. The van der Waals surface area contributed by atoms with E-state index >= 15 is 0 Å². The predicted octanol–water partition coefficient (Wildman–Crippen LogP) is 4.61. The van der Waals surface area contributed by atoms with E-state index in [9.17, 15) is 18.0 Å². The van der Waals surface area contributed by atoms with Gasteiger partial charge in [0.25, 0.3) is 5.91 Å². The van der Waals surface area contributed by atoms with Gasteiger partial charge < -0.3 is 9.64 Å². The largest absolute Gasteiger partial charge is 0.468 e. The third kappa shape index (κ3) is 3.94. The quantitative estimate of drug-likeness (QED) is 0.634. The van der Waals surface area contributed by atoms with Crippen LogP contribution in [0.15, 0.2) is 42.6 Å². The number of halogens is 3. The number of aromatic nitrogens is 2. The van der Waals surface area contributed by atoms with E-state index in [1.807, 2.05) is 24.3 Å². The van der Waals surface area contributed by atoms with Crippen molar-refractivity contribution in [3.63, 3.8) is 0 Å². The minimum absolute atomic E-state index is 0.106. The van der Waals surface area contributed by atoms with Crippen LogP contribution in [0.5, 0.6) is 5.88 Å². The number of thiazole rings is 1. The average Bonchev–Trinajstić information content (AvgIpc) is 3.32. The molecule has 1 unspecified atom stereocenters. The standard InChI is InChI=1S/C19H16F3N3O2S/c20-19(21,22)11-27-16-8-7-12(10-23-16)18(26)25-9-3-5-14(25)17-24-13-4-1-2-6-15(13)28-17/h1-2,4,6-8,10,14H,3,5,9,11H2. The summed E-state index contributed by atoms with van der Waals surface area (Å²) >= 11 is 1.58. The molecule has 1 aromatic carbocycles.